The van der Waals surface area contributed by atoms with E-state index >= 15 is 0 Å². The number of carbonyl (C=O) groups excluding carboxylic acids is 1. The summed E-state index contributed by atoms with van der Waals surface area (Å²) in [4.78, 5) is 12.7. The smallest absolute Gasteiger partial charge is 0.161 e. The summed E-state index contributed by atoms with van der Waals surface area (Å²) in [5.74, 6) is 0.510. The number of carbonyl (C=O) groups is 1. The van der Waals surface area contributed by atoms with E-state index in [9.17, 15) is 4.79 Å². The normalized spacial score (nSPS) is 21.8. The molecule has 0 saturated heterocycles. The number of hydrogen-bond donors (Lipinski definition) is 0. The van der Waals surface area contributed by atoms with E-state index in [-0.39, 0.29) is 11.2 Å². The van der Waals surface area contributed by atoms with Crippen LogP contribution in [0.4, 0.5) is 0 Å². The minimum absolute atomic E-state index is 0.218. The summed E-state index contributed by atoms with van der Waals surface area (Å²) in [6, 6.07) is 20.3. The molecule has 0 unspecified atom stereocenters. The molecule has 28 heavy (non-hydrogen) atoms. The molecule has 1 aliphatic rings. The lowest BCUT2D eigenvalue weighted by atomic mass is 9.66. The molecule has 0 aromatic heterocycles. The zero-order valence-corrected chi connectivity index (χ0v) is 16.7. The molecular formula is C25H30O3. The molecule has 2 aromatic carbocycles. The van der Waals surface area contributed by atoms with Gasteiger partial charge in [0.2, 0.25) is 0 Å². The van der Waals surface area contributed by atoms with Gasteiger partial charge in [-0.15, -0.1) is 0 Å². The highest BCUT2D eigenvalue weighted by molar-refractivity contribution is 5.95. The Morgan fingerprint density at radius 1 is 0.893 bits per heavy atom. The molecule has 0 spiro atoms. The van der Waals surface area contributed by atoms with Crippen LogP contribution in [0.2, 0.25) is 0 Å². The Morgan fingerprint density at radius 3 is 2.07 bits per heavy atom. The number of hydrogen-bond acceptors (Lipinski definition) is 3. The second kappa shape index (κ2) is 10.4. The van der Waals surface area contributed by atoms with Gasteiger partial charge < -0.3 is 9.47 Å². The van der Waals surface area contributed by atoms with Gasteiger partial charge in [0.05, 0.1) is 13.2 Å². The van der Waals surface area contributed by atoms with Gasteiger partial charge in [-0.3, -0.25) is 4.79 Å². The summed E-state index contributed by atoms with van der Waals surface area (Å²) in [6.45, 7) is 4.56. The van der Waals surface area contributed by atoms with Crippen molar-refractivity contribution < 1.29 is 14.3 Å². The molecule has 3 nitrogen and oxygen atoms in total. The van der Waals surface area contributed by atoms with E-state index in [1.165, 1.54) is 5.56 Å². The van der Waals surface area contributed by atoms with Gasteiger partial charge >= 0.3 is 0 Å². The first-order chi connectivity index (χ1) is 13.7. The zero-order chi connectivity index (χ0) is 19.7. The molecule has 0 saturated carbocycles. The van der Waals surface area contributed by atoms with Crippen LogP contribution in [-0.4, -0.2) is 19.0 Å². The Kier molecular flexibility index (Phi) is 7.58. The summed E-state index contributed by atoms with van der Waals surface area (Å²) < 4.78 is 11.7. The van der Waals surface area contributed by atoms with E-state index in [0.29, 0.717) is 32.3 Å². The zero-order valence-electron chi connectivity index (χ0n) is 16.7. The van der Waals surface area contributed by atoms with Crippen molar-refractivity contribution in [3.8, 4) is 0 Å². The number of ketones is 1. The number of allylic oxidation sites excluding steroid dienone is 2. The highest BCUT2D eigenvalue weighted by Gasteiger charge is 2.40. The summed E-state index contributed by atoms with van der Waals surface area (Å²) >= 11 is 0. The first kappa shape index (κ1) is 20.5. The van der Waals surface area contributed by atoms with Gasteiger partial charge in [-0.1, -0.05) is 73.7 Å². The molecule has 2 atom stereocenters. The molecule has 3 heteroatoms. The minimum atomic E-state index is -0.373. The first-order valence-electron chi connectivity index (χ1n) is 10.1. The lowest BCUT2D eigenvalue weighted by molar-refractivity contribution is -0.128. The average Bonchev–Trinajstić information content (AvgIpc) is 2.73. The lowest BCUT2D eigenvalue weighted by Gasteiger charge is -2.37. The van der Waals surface area contributed by atoms with E-state index < -0.39 is 0 Å². The van der Waals surface area contributed by atoms with Crippen molar-refractivity contribution in [2.24, 2.45) is 11.3 Å². The molecule has 0 amide bonds. The van der Waals surface area contributed by atoms with Crippen LogP contribution in [0.5, 0.6) is 0 Å². The van der Waals surface area contributed by atoms with Crippen LogP contribution in [0.25, 0.3) is 0 Å². The fourth-order valence-electron chi connectivity index (χ4n) is 3.79. The Labute approximate surface area is 168 Å². The van der Waals surface area contributed by atoms with Crippen LogP contribution in [0.3, 0.4) is 0 Å². The molecule has 0 fully saturated rings. The number of ether oxygens (including phenoxy) is 2. The van der Waals surface area contributed by atoms with Crippen LogP contribution >= 0.6 is 0 Å². The van der Waals surface area contributed by atoms with E-state index in [0.717, 1.165) is 24.8 Å². The van der Waals surface area contributed by atoms with Gasteiger partial charge in [0.25, 0.3) is 0 Å². The summed E-state index contributed by atoms with van der Waals surface area (Å²) in [7, 11) is 0. The molecule has 0 radical (unpaired) electrons. The molecule has 1 aliphatic carbocycles. The molecule has 0 bridgehead atoms. The molecule has 2 aromatic rings. The molecule has 0 heterocycles. The molecule has 148 valence electrons. The van der Waals surface area contributed by atoms with Crippen LogP contribution in [0.15, 0.2) is 72.8 Å². The average molecular weight is 379 g/mol. The van der Waals surface area contributed by atoms with Crippen molar-refractivity contribution in [3.63, 3.8) is 0 Å². The predicted molar refractivity (Wildman–Crippen MR) is 112 cm³/mol. The monoisotopic (exact) mass is 378 g/mol. The van der Waals surface area contributed by atoms with Crippen molar-refractivity contribution in [1.82, 2.24) is 0 Å². The van der Waals surface area contributed by atoms with Gasteiger partial charge in [-0.25, -0.2) is 0 Å². The summed E-state index contributed by atoms with van der Waals surface area (Å²) in [5.41, 5.74) is 1.97. The van der Waals surface area contributed by atoms with Crippen LogP contribution in [0.1, 0.15) is 37.3 Å². The third-order valence-corrected chi connectivity index (χ3v) is 5.75. The SMILES string of the molecule is C[C@]1(CCOCc2ccccc2)C(=O)C=CC[C@@H]1CCOCc1ccccc1. The molecule has 3 rings (SSSR count). The van der Waals surface area contributed by atoms with Crippen molar-refractivity contribution >= 4 is 5.78 Å². The van der Waals surface area contributed by atoms with E-state index in [1.54, 1.807) is 6.08 Å². The highest BCUT2D eigenvalue weighted by Crippen LogP contribution is 2.40. The van der Waals surface area contributed by atoms with Gasteiger partial charge in [0.1, 0.15) is 0 Å². The lowest BCUT2D eigenvalue weighted by Crippen LogP contribution is -2.38. The van der Waals surface area contributed by atoms with Crippen molar-refractivity contribution in [2.75, 3.05) is 13.2 Å². The molecule has 0 aliphatic heterocycles. The van der Waals surface area contributed by atoms with Crippen LogP contribution in [-0.2, 0) is 27.5 Å². The van der Waals surface area contributed by atoms with Crippen LogP contribution in [0, 0.1) is 11.3 Å². The maximum absolute atomic E-state index is 12.7. The van der Waals surface area contributed by atoms with E-state index in [1.807, 2.05) is 42.5 Å². The standard InChI is InChI=1S/C25H30O3/c1-25(16-18-28-20-22-11-6-3-7-12-22)23(13-8-14-24(25)26)15-17-27-19-21-9-4-2-5-10-21/h2-12,14,23H,13,15-20H2,1H3/t23-,25-/m1/s1. The largest absolute Gasteiger partial charge is 0.377 e. The maximum Gasteiger partial charge on any atom is 0.161 e. The molecule has 0 N–H and O–H groups in total. The van der Waals surface area contributed by atoms with Crippen molar-refractivity contribution in [3.05, 3.63) is 83.9 Å². The number of benzene rings is 2. The van der Waals surface area contributed by atoms with E-state index in [2.05, 4.69) is 31.2 Å². The third-order valence-electron chi connectivity index (χ3n) is 5.75. The Hall–Kier alpha value is -2.23. The topological polar surface area (TPSA) is 35.5 Å². The number of rotatable bonds is 10. The van der Waals surface area contributed by atoms with Crippen LogP contribution < -0.4 is 0 Å². The minimum Gasteiger partial charge on any atom is -0.377 e. The molecular weight excluding hydrogens is 348 g/mol. The Bertz CT molecular complexity index is 754. The Morgan fingerprint density at radius 2 is 1.46 bits per heavy atom. The van der Waals surface area contributed by atoms with Gasteiger partial charge in [0.15, 0.2) is 5.78 Å². The third kappa shape index (κ3) is 5.63. The fourth-order valence-corrected chi connectivity index (χ4v) is 3.79. The second-order valence-corrected chi connectivity index (χ2v) is 7.73. The van der Waals surface area contributed by atoms with Gasteiger partial charge in [-0.05, 0) is 42.4 Å². The van der Waals surface area contributed by atoms with E-state index in [4.69, 9.17) is 9.47 Å². The van der Waals surface area contributed by atoms with Crippen molar-refractivity contribution in [1.29, 1.82) is 0 Å². The maximum atomic E-state index is 12.7. The van der Waals surface area contributed by atoms with Crippen molar-refractivity contribution in [2.45, 2.75) is 39.4 Å². The summed E-state index contributed by atoms with van der Waals surface area (Å²) in [6.07, 6.45) is 6.31. The van der Waals surface area contributed by atoms with Gasteiger partial charge in [-0.2, -0.15) is 0 Å². The quantitative estimate of drug-likeness (QED) is 0.523. The van der Waals surface area contributed by atoms with Gasteiger partial charge in [0, 0.05) is 18.6 Å². The first-order valence-corrected chi connectivity index (χ1v) is 10.1. The summed E-state index contributed by atoms with van der Waals surface area (Å²) in [5, 5.41) is 0. The Balaban J connectivity index is 1.46. The second-order valence-electron chi connectivity index (χ2n) is 7.73. The fraction of sp³-hybridized carbons (Fsp3) is 0.400. The highest BCUT2D eigenvalue weighted by atomic mass is 16.5. The predicted octanol–water partition coefficient (Wildman–Crippen LogP) is 5.35.